The number of hydrogen-bond acceptors (Lipinski definition) is 7. The van der Waals surface area contributed by atoms with Gasteiger partial charge >= 0.3 is 6.03 Å². The SMILES string of the molecule is O=C(NCc1cccnc1N1CCOCC1)N1CCN(Cc2nc3ccccc3c(=O)[nH]2)CC1. The minimum Gasteiger partial charge on any atom is -0.378 e. The molecule has 0 bridgehead atoms. The predicted octanol–water partition coefficient (Wildman–Crippen LogP) is 1.18. The van der Waals surface area contributed by atoms with Crippen molar-refractivity contribution in [3.8, 4) is 0 Å². The van der Waals surface area contributed by atoms with Gasteiger partial charge in [0.2, 0.25) is 0 Å². The van der Waals surface area contributed by atoms with E-state index in [0.717, 1.165) is 37.6 Å². The number of rotatable bonds is 5. The first-order valence-corrected chi connectivity index (χ1v) is 11.7. The summed E-state index contributed by atoms with van der Waals surface area (Å²) in [4.78, 5) is 43.3. The van der Waals surface area contributed by atoms with Gasteiger partial charge in [-0.2, -0.15) is 0 Å². The Morgan fingerprint density at radius 2 is 1.82 bits per heavy atom. The average Bonchev–Trinajstić information content (AvgIpc) is 2.88. The number of aromatic nitrogens is 3. The molecule has 0 spiro atoms. The van der Waals surface area contributed by atoms with Crippen molar-refractivity contribution >= 4 is 22.8 Å². The Morgan fingerprint density at radius 1 is 1.03 bits per heavy atom. The first kappa shape index (κ1) is 22.3. The van der Waals surface area contributed by atoms with E-state index >= 15 is 0 Å². The van der Waals surface area contributed by atoms with Crippen molar-refractivity contribution in [2.75, 3.05) is 57.4 Å². The minimum atomic E-state index is -0.120. The third kappa shape index (κ3) is 5.02. The van der Waals surface area contributed by atoms with Gasteiger partial charge in [0.1, 0.15) is 11.6 Å². The summed E-state index contributed by atoms with van der Waals surface area (Å²) in [6.07, 6.45) is 1.78. The molecule has 2 aliphatic rings. The Hall–Kier alpha value is -3.50. The fourth-order valence-electron chi connectivity index (χ4n) is 4.44. The quantitative estimate of drug-likeness (QED) is 0.585. The molecule has 178 valence electrons. The van der Waals surface area contributed by atoms with E-state index in [1.807, 2.05) is 35.2 Å². The maximum Gasteiger partial charge on any atom is 0.317 e. The molecule has 0 unspecified atom stereocenters. The summed E-state index contributed by atoms with van der Waals surface area (Å²) in [7, 11) is 0. The fourth-order valence-corrected chi connectivity index (χ4v) is 4.44. The summed E-state index contributed by atoms with van der Waals surface area (Å²) in [6.45, 7) is 6.64. The Balaban J connectivity index is 1.14. The number of morpholine rings is 1. The van der Waals surface area contributed by atoms with Crippen molar-refractivity contribution in [2.24, 2.45) is 0 Å². The molecule has 0 radical (unpaired) electrons. The van der Waals surface area contributed by atoms with Gasteiger partial charge in [-0.1, -0.05) is 18.2 Å². The zero-order valence-corrected chi connectivity index (χ0v) is 19.1. The highest BCUT2D eigenvalue weighted by Crippen LogP contribution is 2.18. The summed E-state index contributed by atoms with van der Waals surface area (Å²) in [5.41, 5.74) is 1.58. The van der Waals surface area contributed by atoms with Gasteiger partial charge in [0, 0.05) is 57.6 Å². The van der Waals surface area contributed by atoms with E-state index < -0.39 is 0 Å². The Kier molecular flexibility index (Phi) is 6.68. The molecule has 10 nitrogen and oxygen atoms in total. The number of carbonyl (C=O) groups excluding carboxylic acids is 1. The second kappa shape index (κ2) is 10.2. The second-order valence-electron chi connectivity index (χ2n) is 8.54. The van der Waals surface area contributed by atoms with Crippen LogP contribution in [0.3, 0.4) is 0 Å². The van der Waals surface area contributed by atoms with Crippen molar-refractivity contribution in [1.29, 1.82) is 0 Å². The number of nitrogens with zero attached hydrogens (tertiary/aromatic N) is 5. The highest BCUT2D eigenvalue weighted by molar-refractivity contribution is 5.77. The molecule has 10 heteroatoms. The van der Waals surface area contributed by atoms with Gasteiger partial charge in [0.05, 0.1) is 30.7 Å². The van der Waals surface area contributed by atoms with Crippen LogP contribution in [0.2, 0.25) is 0 Å². The molecule has 4 heterocycles. The number of piperazine rings is 1. The molecule has 2 saturated heterocycles. The number of fused-ring (bicyclic) bond motifs is 1. The monoisotopic (exact) mass is 463 g/mol. The lowest BCUT2D eigenvalue weighted by molar-refractivity contribution is 0.122. The van der Waals surface area contributed by atoms with E-state index in [1.54, 1.807) is 12.3 Å². The molecule has 0 atom stereocenters. The van der Waals surface area contributed by atoms with E-state index in [1.165, 1.54) is 0 Å². The zero-order chi connectivity index (χ0) is 23.3. The van der Waals surface area contributed by atoms with E-state index in [0.29, 0.717) is 56.1 Å². The minimum absolute atomic E-state index is 0.0753. The van der Waals surface area contributed by atoms with Gasteiger partial charge in [-0.05, 0) is 18.2 Å². The van der Waals surface area contributed by atoms with Crippen molar-refractivity contribution < 1.29 is 9.53 Å². The van der Waals surface area contributed by atoms with Crippen LogP contribution in [-0.2, 0) is 17.8 Å². The summed E-state index contributed by atoms with van der Waals surface area (Å²) < 4.78 is 5.44. The predicted molar refractivity (Wildman–Crippen MR) is 129 cm³/mol. The Bertz CT molecular complexity index is 1200. The highest BCUT2D eigenvalue weighted by atomic mass is 16.5. The van der Waals surface area contributed by atoms with E-state index in [9.17, 15) is 9.59 Å². The number of urea groups is 1. The number of nitrogens with one attached hydrogen (secondary N) is 2. The maximum absolute atomic E-state index is 12.8. The maximum atomic E-state index is 12.8. The molecule has 34 heavy (non-hydrogen) atoms. The largest absolute Gasteiger partial charge is 0.378 e. The van der Waals surface area contributed by atoms with Crippen LogP contribution in [0, 0.1) is 0 Å². The average molecular weight is 464 g/mol. The smallest absolute Gasteiger partial charge is 0.317 e. The van der Waals surface area contributed by atoms with Gasteiger partial charge in [0.15, 0.2) is 0 Å². The topological polar surface area (TPSA) is 107 Å². The first-order valence-electron chi connectivity index (χ1n) is 11.7. The van der Waals surface area contributed by atoms with Gasteiger partial charge in [-0.3, -0.25) is 9.69 Å². The number of H-pyrrole nitrogens is 1. The number of para-hydroxylation sites is 1. The Morgan fingerprint density at radius 3 is 2.65 bits per heavy atom. The molecular weight excluding hydrogens is 434 g/mol. The molecule has 2 aliphatic heterocycles. The zero-order valence-electron chi connectivity index (χ0n) is 19.1. The molecule has 2 amide bonds. The summed E-state index contributed by atoms with van der Waals surface area (Å²) >= 11 is 0. The molecule has 3 aromatic rings. The molecular formula is C24H29N7O3. The van der Waals surface area contributed by atoms with Crippen molar-refractivity contribution in [1.82, 2.24) is 30.1 Å². The Labute approximate surface area is 197 Å². The molecule has 2 aromatic heterocycles. The van der Waals surface area contributed by atoms with Gasteiger partial charge < -0.3 is 24.8 Å². The molecule has 0 aliphatic carbocycles. The van der Waals surface area contributed by atoms with Crippen LogP contribution in [0.5, 0.6) is 0 Å². The van der Waals surface area contributed by atoms with Crippen LogP contribution in [-0.4, -0.2) is 83.3 Å². The van der Waals surface area contributed by atoms with E-state index in [2.05, 4.69) is 30.1 Å². The fraction of sp³-hybridized carbons (Fsp3) is 0.417. The van der Waals surface area contributed by atoms with E-state index in [-0.39, 0.29) is 11.6 Å². The summed E-state index contributed by atoms with van der Waals surface area (Å²) in [5, 5.41) is 3.65. The van der Waals surface area contributed by atoms with E-state index in [4.69, 9.17) is 4.74 Å². The van der Waals surface area contributed by atoms with Crippen LogP contribution < -0.4 is 15.8 Å². The van der Waals surface area contributed by atoms with Gasteiger partial charge in [-0.25, -0.2) is 14.8 Å². The molecule has 2 fully saturated rings. The lowest BCUT2D eigenvalue weighted by Gasteiger charge is -2.34. The number of aromatic amines is 1. The van der Waals surface area contributed by atoms with Crippen LogP contribution in [0.25, 0.3) is 10.9 Å². The number of ether oxygens (including phenoxy) is 1. The van der Waals surface area contributed by atoms with Crippen LogP contribution >= 0.6 is 0 Å². The third-order valence-electron chi connectivity index (χ3n) is 6.30. The molecule has 5 rings (SSSR count). The summed E-state index contributed by atoms with van der Waals surface area (Å²) in [5.74, 6) is 1.56. The number of hydrogen-bond donors (Lipinski definition) is 2. The van der Waals surface area contributed by atoms with Crippen LogP contribution in [0.1, 0.15) is 11.4 Å². The number of anilines is 1. The first-order chi connectivity index (χ1) is 16.7. The normalized spacial score (nSPS) is 17.2. The number of carbonyl (C=O) groups is 1. The van der Waals surface area contributed by atoms with Crippen molar-refractivity contribution in [3.05, 3.63) is 64.3 Å². The standard InChI is InChI=1S/C24H29N7O3/c32-23-19-5-1-2-6-20(19)27-21(28-23)17-29-8-10-31(11-9-29)24(33)26-16-18-4-3-7-25-22(18)30-12-14-34-15-13-30/h1-7H,8-17H2,(H,26,33)(H,27,28,32). The van der Waals surface area contributed by atoms with Crippen LogP contribution in [0.15, 0.2) is 47.4 Å². The highest BCUT2D eigenvalue weighted by Gasteiger charge is 2.22. The number of amides is 2. The molecule has 1 aromatic carbocycles. The number of benzene rings is 1. The van der Waals surface area contributed by atoms with Gasteiger partial charge in [0.25, 0.3) is 5.56 Å². The molecule has 2 N–H and O–H groups in total. The van der Waals surface area contributed by atoms with Gasteiger partial charge in [-0.15, -0.1) is 0 Å². The molecule has 0 saturated carbocycles. The van der Waals surface area contributed by atoms with Crippen LogP contribution in [0.4, 0.5) is 10.6 Å². The van der Waals surface area contributed by atoms with Crippen molar-refractivity contribution in [3.63, 3.8) is 0 Å². The summed E-state index contributed by atoms with van der Waals surface area (Å²) in [6, 6.07) is 11.2. The lowest BCUT2D eigenvalue weighted by atomic mass is 10.2. The third-order valence-corrected chi connectivity index (χ3v) is 6.30. The van der Waals surface area contributed by atoms with Crippen molar-refractivity contribution in [2.45, 2.75) is 13.1 Å². The second-order valence-corrected chi connectivity index (χ2v) is 8.54. The lowest BCUT2D eigenvalue weighted by Crippen LogP contribution is -2.51. The number of pyridine rings is 1.